The second-order valence-electron chi connectivity index (χ2n) is 6.81. The van der Waals surface area contributed by atoms with E-state index in [1.165, 1.54) is 12.1 Å². The molecule has 0 spiro atoms. The molecule has 157 valence electrons. The summed E-state index contributed by atoms with van der Waals surface area (Å²) in [5.74, 6) is 0.298. The molecule has 0 unspecified atom stereocenters. The van der Waals surface area contributed by atoms with Crippen LogP contribution >= 0.6 is 12.2 Å². The number of non-ortho nitro benzene ring substituents is 1. The van der Waals surface area contributed by atoms with Crippen LogP contribution in [0.3, 0.4) is 0 Å². The van der Waals surface area contributed by atoms with E-state index >= 15 is 0 Å². The molecule has 1 saturated heterocycles. The molecule has 30 heavy (non-hydrogen) atoms. The number of nitro benzene ring substituents is 1. The first-order chi connectivity index (χ1) is 14.5. The zero-order valence-corrected chi connectivity index (χ0v) is 17.0. The van der Waals surface area contributed by atoms with E-state index in [4.69, 9.17) is 12.2 Å². The van der Waals surface area contributed by atoms with Gasteiger partial charge in [0.05, 0.1) is 10.8 Å². The molecule has 3 rings (SSSR count). The van der Waals surface area contributed by atoms with E-state index in [1.807, 2.05) is 0 Å². The number of hydrogen-bond donors (Lipinski definition) is 3. The van der Waals surface area contributed by atoms with Crippen molar-refractivity contribution in [2.24, 2.45) is 0 Å². The lowest BCUT2D eigenvalue weighted by Gasteiger charge is -2.26. The van der Waals surface area contributed by atoms with Crippen molar-refractivity contribution in [2.75, 3.05) is 25.0 Å². The topological polar surface area (TPSA) is 117 Å². The van der Waals surface area contributed by atoms with Gasteiger partial charge in [-0.15, -0.1) is 0 Å². The lowest BCUT2D eigenvalue weighted by Crippen LogP contribution is -2.48. The number of carbonyl (C=O) groups is 2. The largest absolute Gasteiger partial charge is 0.361 e. The van der Waals surface area contributed by atoms with Crippen LogP contribution in [0.15, 0.2) is 24.3 Å². The molecule has 1 atom stereocenters. The Morgan fingerprint density at radius 1 is 1.13 bits per heavy atom. The molecule has 0 bridgehead atoms. The van der Waals surface area contributed by atoms with Gasteiger partial charge < -0.3 is 20.9 Å². The third kappa shape index (κ3) is 5.65. The van der Waals surface area contributed by atoms with Crippen molar-refractivity contribution < 1.29 is 14.5 Å². The fraction of sp³-hybridized carbons (Fsp3) is 0.300. The molecule has 3 N–H and O–H groups in total. The zero-order chi connectivity index (χ0) is 21.5. The third-order valence-electron chi connectivity index (χ3n) is 4.77. The number of thiocarbonyl (C=S) groups is 1. The molecule has 1 saturated carbocycles. The molecule has 1 aliphatic heterocycles. The van der Waals surface area contributed by atoms with Crippen molar-refractivity contribution in [3.05, 3.63) is 66.0 Å². The number of hydrogen-bond acceptors (Lipinski definition) is 5. The highest BCUT2D eigenvalue weighted by molar-refractivity contribution is 7.80. The van der Waals surface area contributed by atoms with Crippen LogP contribution in [0.4, 0.5) is 11.4 Å². The maximum absolute atomic E-state index is 12.5. The van der Waals surface area contributed by atoms with Gasteiger partial charge in [0.25, 0.3) is 5.69 Å². The minimum Gasteiger partial charge on any atom is -0.361 e. The molecular weight excluding hydrogens is 406 g/mol. The average molecular weight is 428 g/mol. The van der Waals surface area contributed by atoms with Crippen molar-refractivity contribution in [2.45, 2.75) is 18.9 Å². The van der Waals surface area contributed by atoms with Crippen molar-refractivity contribution in [1.82, 2.24) is 15.5 Å². The van der Waals surface area contributed by atoms with Gasteiger partial charge in [-0.3, -0.25) is 19.7 Å². The second-order valence-corrected chi connectivity index (χ2v) is 7.21. The van der Waals surface area contributed by atoms with Crippen LogP contribution < -0.4 is 16.0 Å². The van der Waals surface area contributed by atoms with E-state index in [0.717, 1.165) is 6.42 Å². The van der Waals surface area contributed by atoms with E-state index in [2.05, 4.69) is 16.0 Å². The van der Waals surface area contributed by atoms with Crippen LogP contribution in [0.25, 0.3) is 0 Å². The third-order valence-corrected chi connectivity index (χ3v) is 5.02. The van der Waals surface area contributed by atoms with Gasteiger partial charge in [-0.05, 0) is 62.9 Å². The molecular formula is C20H22N5O4S. The summed E-state index contributed by atoms with van der Waals surface area (Å²) in [5, 5.41) is 19.7. The maximum Gasteiger partial charge on any atom is 0.269 e. The molecule has 1 aromatic rings. The molecule has 1 aliphatic carbocycles. The summed E-state index contributed by atoms with van der Waals surface area (Å²) in [4.78, 5) is 36.9. The van der Waals surface area contributed by atoms with Crippen LogP contribution in [0, 0.1) is 41.7 Å². The Kier molecular flexibility index (Phi) is 7.56. The average Bonchev–Trinajstić information content (AvgIpc) is 3.43. The minimum atomic E-state index is -0.470. The Morgan fingerprint density at radius 2 is 1.80 bits per heavy atom. The summed E-state index contributed by atoms with van der Waals surface area (Å²) in [6, 6.07) is 5.43. The Morgan fingerprint density at radius 3 is 2.47 bits per heavy atom. The van der Waals surface area contributed by atoms with Gasteiger partial charge in [-0.2, -0.15) is 0 Å². The smallest absolute Gasteiger partial charge is 0.269 e. The van der Waals surface area contributed by atoms with Gasteiger partial charge in [0.15, 0.2) is 5.11 Å². The standard InChI is InChI=1S/C20H22N5O4S/c26-18(17-6-3-13-24(17)19(27)14-4-1-2-5-14)21-11-12-22-20(30)23-15-7-9-16(10-8-15)25(28)29/h1-2,4-5,7-10,17H,3,6,11-13H2,(H,21,26)(H2,22,23,30)/t17-/m0/s1. The van der Waals surface area contributed by atoms with Crippen molar-refractivity contribution in [1.29, 1.82) is 0 Å². The molecule has 1 heterocycles. The normalized spacial score (nSPS) is 18.8. The molecule has 2 aliphatic rings. The number of anilines is 1. The van der Waals surface area contributed by atoms with E-state index in [-0.39, 0.29) is 17.5 Å². The fourth-order valence-corrected chi connectivity index (χ4v) is 3.51. The van der Waals surface area contributed by atoms with E-state index < -0.39 is 11.0 Å². The number of carbonyl (C=O) groups excluding carboxylic acids is 2. The lowest BCUT2D eigenvalue weighted by atomic mass is 10.1. The van der Waals surface area contributed by atoms with Crippen molar-refractivity contribution in [3.8, 4) is 0 Å². The first-order valence-electron chi connectivity index (χ1n) is 9.55. The monoisotopic (exact) mass is 428 g/mol. The molecule has 2 fully saturated rings. The van der Waals surface area contributed by atoms with Gasteiger partial charge in [-0.25, -0.2) is 0 Å². The van der Waals surface area contributed by atoms with Crippen LogP contribution in [-0.4, -0.2) is 52.4 Å². The van der Waals surface area contributed by atoms with Crippen LogP contribution in [-0.2, 0) is 9.59 Å². The summed E-state index contributed by atoms with van der Waals surface area (Å²) < 4.78 is 0. The number of nitrogens with zero attached hydrogens (tertiary/aromatic N) is 2. The number of amides is 2. The fourth-order valence-electron chi connectivity index (χ4n) is 3.29. The molecule has 10 heteroatoms. The highest BCUT2D eigenvalue weighted by Gasteiger charge is 2.38. The van der Waals surface area contributed by atoms with Gasteiger partial charge in [-0.1, -0.05) is 0 Å². The number of likely N-dealkylation sites (tertiary alicyclic amines) is 1. The highest BCUT2D eigenvalue weighted by Crippen LogP contribution is 2.28. The minimum absolute atomic E-state index is 0.0000430. The van der Waals surface area contributed by atoms with Gasteiger partial charge >= 0.3 is 0 Å². The van der Waals surface area contributed by atoms with E-state index in [0.29, 0.717) is 42.8 Å². The van der Waals surface area contributed by atoms with Crippen LogP contribution in [0.5, 0.6) is 0 Å². The number of benzene rings is 1. The Bertz CT molecular complexity index is 795. The Balaban J connectivity index is 1.38. The predicted molar refractivity (Wildman–Crippen MR) is 116 cm³/mol. The molecule has 1 aromatic carbocycles. The first-order valence-corrected chi connectivity index (χ1v) is 9.96. The number of nitrogens with one attached hydrogen (secondary N) is 3. The lowest BCUT2D eigenvalue weighted by molar-refractivity contribution is -0.384. The Hall–Kier alpha value is -2.75. The quantitative estimate of drug-likeness (QED) is 0.260. The highest BCUT2D eigenvalue weighted by atomic mass is 32.1. The molecule has 0 aromatic heterocycles. The van der Waals surface area contributed by atoms with Crippen LogP contribution in [0.1, 0.15) is 12.8 Å². The van der Waals surface area contributed by atoms with Crippen molar-refractivity contribution >= 4 is 40.5 Å². The zero-order valence-electron chi connectivity index (χ0n) is 16.2. The summed E-state index contributed by atoms with van der Waals surface area (Å²) in [6.45, 7) is 1.31. The SMILES string of the molecule is O=C(NCCNC(=S)Nc1ccc([N+](=O)[O-])cc1)[C@@H]1CCCN1C(=O)[C]1[CH][CH][CH][CH]1. The first kappa shape index (κ1) is 21.9. The van der Waals surface area contributed by atoms with Crippen LogP contribution in [0.2, 0.25) is 0 Å². The van der Waals surface area contributed by atoms with Gasteiger partial charge in [0, 0.05) is 37.5 Å². The van der Waals surface area contributed by atoms with E-state index in [9.17, 15) is 19.7 Å². The number of rotatable bonds is 7. The van der Waals surface area contributed by atoms with Gasteiger partial charge in [0.1, 0.15) is 6.04 Å². The maximum atomic E-state index is 12.5. The van der Waals surface area contributed by atoms with Gasteiger partial charge in [0.2, 0.25) is 11.8 Å². The summed E-state index contributed by atoms with van der Waals surface area (Å²) in [6.07, 6.45) is 8.55. The summed E-state index contributed by atoms with van der Waals surface area (Å²) in [7, 11) is 0. The number of nitro groups is 1. The molecule has 5 radical (unpaired) electrons. The molecule has 9 nitrogen and oxygen atoms in total. The van der Waals surface area contributed by atoms with Crippen molar-refractivity contribution in [3.63, 3.8) is 0 Å². The summed E-state index contributed by atoms with van der Waals surface area (Å²) >= 11 is 5.18. The molecule has 2 amide bonds. The second kappa shape index (κ2) is 10.3. The van der Waals surface area contributed by atoms with E-state index in [1.54, 1.807) is 42.7 Å². The summed E-state index contributed by atoms with van der Waals surface area (Å²) in [5.41, 5.74) is 0.620. The predicted octanol–water partition coefficient (Wildman–Crippen LogP) is 1.39. The Labute approximate surface area is 180 Å².